The summed E-state index contributed by atoms with van der Waals surface area (Å²) in [7, 11) is 0. The second-order valence-electron chi connectivity index (χ2n) is 2.74. The number of carbonyl (C=O) groups excluding carboxylic acids is 1. The van der Waals surface area contributed by atoms with Crippen LogP contribution in [0.1, 0.15) is 13.3 Å². The fourth-order valence-electron chi connectivity index (χ4n) is 1.09. The van der Waals surface area contributed by atoms with Crippen LogP contribution < -0.4 is 0 Å². The van der Waals surface area contributed by atoms with Crippen LogP contribution in [0.2, 0.25) is 0 Å². The van der Waals surface area contributed by atoms with Crippen molar-refractivity contribution in [1.29, 1.82) is 0 Å². The average Bonchev–Trinajstić information content (AvgIpc) is 2.25. The zero-order valence-corrected chi connectivity index (χ0v) is 6.99. The van der Waals surface area contributed by atoms with Crippen molar-refractivity contribution in [3.8, 4) is 0 Å². The Morgan fingerprint density at radius 2 is 2.42 bits per heavy atom. The van der Waals surface area contributed by atoms with E-state index in [9.17, 15) is 9.90 Å². The fraction of sp³-hybridized carbons (Fsp3) is 0.444. The molecule has 1 aliphatic rings. The van der Waals surface area contributed by atoms with Crippen LogP contribution in [0.5, 0.6) is 0 Å². The molecular weight excluding hydrogens is 156 g/mol. The van der Waals surface area contributed by atoms with Gasteiger partial charge in [-0.05, 0) is 13.3 Å². The summed E-state index contributed by atoms with van der Waals surface area (Å²) in [6.45, 7) is 5.18. The second-order valence-corrected chi connectivity index (χ2v) is 2.74. The number of hydrogen-bond acceptors (Lipinski definition) is 3. The highest BCUT2D eigenvalue weighted by molar-refractivity contribution is 5.92. The fourth-order valence-corrected chi connectivity index (χ4v) is 1.09. The van der Waals surface area contributed by atoms with Crippen molar-refractivity contribution in [1.82, 2.24) is 0 Å². The van der Waals surface area contributed by atoms with Crippen LogP contribution in [0.4, 0.5) is 0 Å². The number of aliphatic hydroxyl groups is 1. The van der Waals surface area contributed by atoms with Gasteiger partial charge in [0.2, 0.25) is 0 Å². The third-order valence-corrected chi connectivity index (χ3v) is 1.80. The summed E-state index contributed by atoms with van der Waals surface area (Å²) in [5.74, 6) is -0.420. The molecule has 12 heavy (non-hydrogen) atoms. The van der Waals surface area contributed by atoms with Gasteiger partial charge in [-0.15, -0.1) is 6.58 Å². The molecule has 2 unspecified atom stereocenters. The molecule has 66 valence electrons. The Morgan fingerprint density at radius 1 is 1.75 bits per heavy atom. The van der Waals surface area contributed by atoms with Gasteiger partial charge in [-0.25, -0.2) is 4.79 Å². The maximum atomic E-state index is 11.0. The first-order chi connectivity index (χ1) is 5.66. The van der Waals surface area contributed by atoms with E-state index in [1.54, 1.807) is 19.1 Å². The molecule has 1 saturated heterocycles. The minimum Gasteiger partial charge on any atom is -0.456 e. The van der Waals surface area contributed by atoms with E-state index in [1.165, 1.54) is 0 Å². The summed E-state index contributed by atoms with van der Waals surface area (Å²) in [6.07, 6.45) is 2.68. The van der Waals surface area contributed by atoms with E-state index in [0.717, 1.165) is 0 Å². The number of rotatable bonds is 2. The topological polar surface area (TPSA) is 46.5 Å². The van der Waals surface area contributed by atoms with Gasteiger partial charge in [0, 0.05) is 0 Å². The molecule has 1 rings (SSSR count). The molecule has 0 radical (unpaired) electrons. The Hall–Kier alpha value is -1.09. The summed E-state index contributed by atoms with van der Waals surface area (Å²) < 4.78 is 4.79. The Bertz CT molecular complexity index is 230. The SMILES string of the molecule is C=CCC=C1C(=O)OC(C)C1O. The van der Waals surface area contributed by atoms with Crippen molar-refractivity contribution in [3.63, 3.8) is 0 Å². The van der Waals surface area contributed by atoms with Crippen molar-refractivity contribution in [2.75, 3.05) is 0 Å². The molecule has 1 aliphatic heterocycles. The molecule has 0 aromatic heterocycles. The zero-order chi connectivity index (χ0) is 9.14. The summed E-state index contributed by atoms with van der Waals surface area (Å²) in [4.78, 5) is 11.0. The molecular formula is C9H12O3. The lowest BCUT2D eigenvalue weighted by atomic mass is 10.1. The van der Waals surface area contributed by atoms with Crippen molar-refractivity contribution in [3.05, 3.63) is 24.3 Å². The van der Waals surface area contributed by atoms with E-state index in [2.05, 4.69) is 6.58 Å². The lowest BCUT2D eigenvalue weighted by molar-refractivity contribution is -0.138. The molecule has 1 fully saturated rings. The molecule has 0 aromatic carbocycles. The standard InChI is InChI=1S/C9H12O3/c1-3-4-5-7-8(10)6(2)12-9(7)11/h3,5-6,8,10H,1,4H2,2H3. The summed E-state index contributed by atoms with van der Waals surface area (Å²) in [5, 5.41) is 9.41. The van der Waals surface area contributed by atoms with E-state index in [0.29, 0.717) is 12.0 Å². The van der Waals surface area contributed by atoms with Crippen LogP contribution in [-0.4, -0.2) is 23.3 Å². The number of allylic oxidation sites excluding steroid dienone is 2. The van der Waals surface area contributed by atoms with Gasteiger partial charge in [0.15, 0.2) is 0 Å². The number of cyclic esters (lactones) is 1. The molecule has 0 aliphatic carbocycles. The Balaban J connectivity index is 2.75. The van der Waals surface area contributed by atoms with Gasteiger partial charge in [-0.3, -0.25) is 0 Å². The zero-order valence-electron chi connectivity index (χ0n) is 6.99. The molecule has 0 amide bonds. The second kappa shape index (κ2) is 3.54. The van der Waals surface area contributed by atoms with E-state index in [1.807, 2.05) is 0 Å². The Morgan fingerprint density at radius 3 is 2.83 bits per heavy atom. The van der Waals surface area contributed by atoms with Gasteiger partial charge < -0.3 is 9.84 Å². The van der Waals surface area contributed by atoms with Crippen LogP contribution in [0.25, 0.3) is 0 Å². The molecule has 3 nitrogen and oxygen atoms in total. The Kier molecular flexibility index (Phi) is 2.65. The minimum atomic E-state index is -0.780. The number of carbonyl (C=O) groups is 1. The lowest BCUT2D eigenvalue weighted by Gasteiger charge is -2.03. The quantitative estimate of drug-likeness (QED) is 0.377. The Labute approximate surface area is 71.3 Å². The van der Waals surface area contributed by atoms with Gasteiger partial charge in [0.05, 0.1) is 5.57 Å². The van der Waals surface area contributed by atoms with Gasteiger partial charge in [0.1, 0.15) is 12.2 Å². The number of hydrogen-bond donors (Lipinski definition) is 1. The number of esters is 1. The molecule has 0 bridgehead atoms. The minimum absolute atomic E-state index is 0.349. The molecule has 0 aromatic rings. The van der Waals surface area contributed by atoms with Crippen molar-refractivity contribution >= 4 is 5.97 Å². The predicted octanol–water partition coefficient (Wildman–Crippen LogP) is 0.795. The molecule has 1 heterocycles. The van der Waals surface area contributed by atoms with Gasteiger partial charge in [0.25, 0.3) is 0 Å². The molecule has 1 N–H and O–H groups in total. The van der Waals surface area contributed by atoms with Crippen LogP contribution in [0.15, 0.2) is 24.3 Å². The lowest BCUT2D eigenvalue weighted by Crippen LogP contribution is -2.17. The normalized spacial score (nSPS) is 32.2. The highest BCUT2D eigenvalue weighted by Crippen LogP contribution is 2.20. The maximum Gasteiger partial charge on any atom is 0.336 e. The summed E-state index contributed by atoms with van der Waals surface area (Å²) in [5.41, 5.74) is 0.349. The maximum absolute atomic E-state index is 11.0. The van der Waals surface area contributed by atoms with Crippen LogP contribution in [0, 0.1) is 0 Å². The predicted molar refractivity (Wildman–Crippen MR) is 44.5 cm³/mol. The largest absolute Gasteiger partial charge is 0.456 e. The van der Waals surface area contributed by atoms with E-state index in [-0.39, 0.29) is 0 Å². The molecule has 3 heteroatoms. The van der Waals surface area contributed by atoms with Crippen LogP contribution in [0.3, 0.4) is 0 Å². The molecule has 2 atom stereocenters. The number of ether oxygens (including phenoxy) is 1. The molecule has 0 saturated carbocycles. The van der Waals surface area contributed by atoms with E-state index >= 15 is 0 Å². The first-order valence-corrected chi connectivity index (χ1v) is 3.86. The van der Waals surface area contributed by atoms with Crippen molar-refractivity contribution in [2.24, 2.45) is 0 Å². The average molecular weight is 168 g/mol. The summed E-state index contributed by atoms with van der Waals surface area (Å²) in [6, 6.07) is 0. The monoisotopic (exact) mass is 168 g/mol. The summed E-state index contributed by atoms with van der Waals surface area (Å²) >= 11 is 0. The third-order valence-electron chi connectivity index (χ3n) is 1.80. The van der Waals surface area contributed by atoms with Gasteiger partial charge in [-0.1, -0.05) is 12.2 Å². The van der Waals surface area contributed by atoms with Crippen molar-refractivity contribution < 1.29 is 14.6 Å². The van der Waals surface area contributed by atoms with E-state index in [4.69, 9.17) is 4.74 Å². The van der Waals surface area contributed by atoms with Crippen LogP contribution >= 0.6 is 0 Å². The van der Waals surface area contributed by atoms with Crippen molar-refractivity contribution in [2.45, 2.75) is 25.6 Å². The smallest absolute Gasteiger partial charge is 0.336 e. The number of aliphatic hydroxyl groups excluding tert-OH is 1. The van der Waals surface area contributed by atoms with Crippen LogP contribution in [-0.2, 0) is 9.53 Å². The first kappa shape index (κ1) is 9.00. The molecule has 0 spiro atoms. The third kappa shape index (κ3) is 1.56. The van der Waals surface area contributed by atoms with Gasteiger partial charge in [-0.2, -0.15) is 0 Å². The highest BCUT2D eigenvalue weighted by Gasteiger charge is 2.34. The van der Waals surface area contributed by atoms with E-state index < -0.39 is 18.2 Å². The highest BCUT2D eigenvalue weighted by atomic mass is 16.6. The first-order valence-electron chi connectivity index (χ1n) is 3.86. The van der Waals surface area contributed by atoms with Gasteiger partial charge >= 0.3 is 5.97 Å².